The summed E-state index contributed by atoms with van der Waals surface area (Å²) in [5.74, 6) is 0.729. The third-order valence-electron chi connectivity index (χ3n) is 5.91. The van der Waals surface area contributed by atoms with Crippen molar-refractivity contribution in [2.45, 2.75) is 53.0 Å². The second-order valence-electron chi connectivity index (χ2n) is 7.92. The van der Waals surface area contributed by atoms with Crippen molar-refractivity contribution in [2.75, 3.05) is 13.7 Å². The second-order valence-corrected chi connectivity index (χ2v) is 8.77. The molecular weight excluding hydrogens is 456 g/mol. The normalized spacial score (nSPS) is 12.2. The van der Waals surface area contributed by atoms with Gasteiger partial charge in [-0.05, 0) is 56.4 Å². The summed E-state index contributed by atoms with van der Waals surface area (Å²) in [6, 6.07) is 8.11. The van der Waals surface area contributed by atoms with Crippen LogP contribution in [0.15, 0.2) is 28.7 Å². The van der Waals surface area contributed by atoms with E-state index in [1.54, 1.807) is 11.8 Å². The average molecular weight is 487 g/mol. The Morgan fingerprint density at radius 2 is 2.00 bits per heavy atom. The predicted octanol–water partition coefficient (Wildman–Crippen LogP) is 5.29. The van der Waals surface area contributed by atoms with Crippen molar-refractivity contribution in [3.63, 3.8) is 0 Å². The molecule has 0 aliphatic rings. The monoisotopic (exact) mass is 486 g/mol. The molecule has 1 amide bonds. The summed E-state index contributed by atoms with van der Waals surface area (Å²) >= 11 is 3.63. The smallest absolute Gasteiger partial charge is 0.242 e. The highest BCUT2D eigenvalue weighted by atomic mass is 79.9. The molecule has 3 aromatic rings. The number of ether oxygens (including phenoxy) is 1. The minimum absolute atomic E-state index is 0.00393. The van der Waals surface area contributed by atoms with Crippen molar-refractivity contribution in [1.29, 1.82) is 0 Å². The number of rotatable bonds is 8. The zero-order valence-electron chi connectivity index (χ0n) is 19.2. The van der Waals surface area contributed by atoms with E-state index in [4.69, 9.17) is 9.72 Å². The summed E-state index contributed by atoms with van der Waals surface area (Å²) in [6.07, 6.45) is 1.99. The summed E-state index contributed by atoms with van der Waals surface area (Å²) in [5, 5.41) is 5.34. The van der Waals surface area contributed by atoms with Crippen molar-refractivity contribution >= 4 is 32.9 Å². The highest BCUT2D eigenvalue weighted by molar-refractivity contribution is 9.10. The topological polar surface area (TPSA) is 60.3 Å². The fourth-order valence-corrected chi connectivity index (χ4v) is 4.86. The summed E-state index contributed by atoms with van der Waals surface area (Å²) in [6.45, 7) is 8.99. The van der Waals surface area contributed by atoms with Crippen LogP contribution in [0.4, 0.5) is 0 Å². The number of carbonyl (C=O) groups is 1. The minimum Gasteiger partial charge on any atom is -0.479 e. The lowest BCUT2D eigenvalue weighted by atomic mass is 9.99. The van der Waals surface area contributed by atoms with Gasteiger partial charge in [0.05, 0.1) is 18.5 Å². The number of amides is 1. The lowest BCUT2D eigenvalue weighted by Gasteiger charge is -2.30. The molecule has 0 aliphatic carbocycles. The Labute approximate surface area is 192 Å². The molecule has 166 valence electrons. The minimum atomic E-state index is 0.00393. The van der Waals surface area contributed by atoms with Gasteiger partial charge in [-0.3, -0.25) is 4.79 Å². The van der Waals surface area contributed by atoms with Gasteiger partial charge in [-0.15, -0.1) is 5.10 Å². The molecule has 0 N–H and O–H groups in total. The van der Waals surface area contributed by atoms with Crippen LogP contribution in [0.3, 0.4) is 0 Å². The molecule has 0 saturated carbocycles. The molecular formula is C24H31BrN4O2. The van der Waals surface area contributed by atoms with E-state index in [1.807, 2.05) is 37.1 Å². The number of hydrogen-bond acceptors (Lipinski definition) is 4. The molecule has 7 heteroatoms. The molecule has 0 bridgehead atoms. The van der Waals surface area contributed by atoms with Crippen LogP contribution in [0, 0.1) is 13.8 Å². The van der Waals surface area contributed by atoms with Gasteiger partial charge in [0.15, 0.2) is 5.65 Å². The van der Waals surface area contributed by atoms with Crippen LogP contribution in [0.5, 0.6) is 5.88 Å². The van der Waals surface area contributed by atoms with E-state index in [0.717, 1.165) is 50.9 Å². The maximum atomic E-state index is 13.3. The molecule has 6 nitrogen and oxygen atoms in total. The molecule has 3 rings (SSSR count). The number of methoxy groups -OCH3 is 1. The molecule has 0 spiro atoms. The molecule has 1 aromatic carbocycles. The molecule has 0 saturated heterocycles. The number of aromatic nitrogens is 3. The molecule has 0 radical (unpaired) electrons. The highest BCUT2D eigenvalue weighted by Gasteiger charge is 2.23. The van der Waals surface area contributed by atoms with Gasteiger partial charge in [-0.25, -0.2) is 9.67 Å². The number of pyridine rings is 1. The van der Waals surface area contributed by atoms with E-state index in [0.29, 0.717) is 18.7 Å². The van der Waals surface area contributed by atoms with Gasteiger partial charge in [0.25, 0.3) is 0 Å². The summed E-state index contributed by atoms with van der Waals surface area (Å²) in [4.78, 5) is 20.0. The summed E-state index contributed by atoms with van der Waals surface area (Å²) < 4.78 is 8.23. The summed E-state index contributed by atoms with van der Waals surface area (Å²) in [7, 11) is 3.49. The number of halogens is 1. The van der Waals surface area contributed by atoms with Gasteiger partial charge in [-0.1, -0.05) is 41.1 Å². The Kier molecular flexibility index (Phi) is 7.36. The zero-order chi connectivity index (χ0) is 22.7. The Bertz CT molecular complexity index is 1090. The first-order valence-corrected chi connectivity index (χ1v) is 11.5. The maximum Gasteiger partial charge on any atom is 0.242 e. The van der Waals surface area contributed by atoms with E-state index in [-0.39, 0.29) is 11.9 Å². The molecule has 2 aromatic heterocycles. The Hall–Kier alpha value is -2.41. The zero-order valence-corrected chi connectivity index (χ0v) is 20.8. The highest BCUT2D eigenvalue weighted by Crippen LogP contribution is 2.31. The lowest BCUT2D eigenvalue weighted by molar-refractivity contribution is -0.133. The van der Waals surface area contributed by atoms with Gasteiger partial charge in [0.1, 0.15) is 0 Å². The molecule has 0 aliphatic heterocycles. The fraction of sp³-hybridized carbons (Fsp3) is 0.458. The number of hydrogen-bond donors (Lipinski definition) is 0. The Balaban J connectivity index is 1.86. The van der Waals surface area contributed by atoms with Crippen LogP contribution in [0.25, 0.3) is 11.0 Å². The van der Waals surface area contributed by atoms with Crippen molar-refractivity contribution in [3.05, 3.63) is 51.1 Å². The van der Waals surface area contributed by atoms with E-state index >= 15 is 0 Å². The van der Waals surface area contributed by atoms with Crippen molar-refractivity contribution in [3.8, 4) is 5.88 Å². The number of carbonyl (C=O) groups excluding carboxylic acids is 1. The molecule has 1 atom stereocenters. The van der Waals surface area contributed by atoms with Gasteiger partial charge < -0.3 is 9.64 Å². The molecule has 0 fully saturated rings. The largest absolute Gasteiger partial charge is 0.479 e. The number of benzene rings is 1. The van der Waals surface area contributed by atoms with E-state index < -0.39 is 0 Å². The van der Waals surface area contributed by atoms with Crippen LogP contribution >= 0.6 is 15.9 Å². The number of nitrogens with zero attached hydrogens (tertiary/aromatic N) is 4. The predicted molar refractivity (Wildman–Crippen MR) is 127 cm³/mol. The standard InChI is InChI=1S/C24H31BrN4O2/c1-7-14-29(17(4)19-10-8-9-11-20(19)25)21(30)13-12-18-15(2)22-23(26-16(18)3)28(5)27-24(22)31-6/h8-11,17H,7,12-14H2,1-6H3. The maximum absolute atomic E-state index is 13.3. The first-order valence-electron chi connectivity index (χ1n) is 10.7. The van der Waals surface area contributed by atoms with Crippen molar-refractivity contribution in [1.82, 2.24) is 19.7 Å². The molecule has 1 unspecified atom stereocenters. The Morgan fingerprint density at radius 1 is 1.29 bits per heavy atom. The SMILES string of the molecule is CCCN(C(=O)CCc1c(C)nc2c(c(OC)nn2C)c1C)C(C)c1ccccc1Br. The van der Waals surface area contributed by atoms with Crippen LogP contribution in [-0.4, -0.2) is 39.2 Å². The van der Waals surface area contributed by atoms with Crippen LogP contribution in [0.2, 0.25) is 0 Å². The van der Waals surface area contributed by atoms with E-state index in [1.165, 1.54) is 0 Å². The van der Waals surface area contributed by atoms with Crippen molar-refractivity contribution in [2.24, 2.45) is 7.05 Å². The van der Waals surface area contributed by atoms with E-state index in [9.17, 15) is 4.79 Å². The van der Waals surface area contributed by atoms with Crippen LogP contribution in [-0.2, 0) is 18.3 Å². The number of aryl methyl sites for hydroxylation is 3. The first kappa shape index (κ1) is 23.3. The third-order valence-corrected chi connectivity index (χ3v) is 6.63. The van der Waals surface area contributed by atoms with Crippen molar-refractivity contribution < 1.29 is 9.53 Å². The van der Waals surface area contributed by atoms with Crippen LogP contribution < -0.4 is 4.74 Å². The molecule has 2 heterocycles. The van der Waals surface area contributed by atoms with E-state index in [2.05, 4.69) is 47.9 Å². The van der Waals surface area contributed by atoms with Gasteiger partial charge in [0.2, 0.25) is 11.8 Å². The first-order chi connectivity index (χ1) is 14.8. The Morgan fingerprint density at radius 3 is 2.65 bits per heavy atom. The van der Waals surface area contributed by atoms with Gasteiger partial charge in [0, 0.05) is 30.2 Å². The fourth-order valence-electron chi connectivity index (χ4n) is 4.24. The summed E-state index contributed by atoms with van der Waals surface area (Å²) in [5.41, 5.74) is 5.04. The lowest BCUT2D eigenvalue weighted by Crippen LogP contribution is -2.34. The van der Waals surface area contributed by atoms with Crippen LogP contribution in [0.1, 0.15) is 55.1 Å². The molecule has 31 heavy (non-hydrogen) atoms. The second kappa shape index (κ2) is 9.81. The number of fused-ring (bicyclic) bond motifs is 1. The average Bonchev–Trinajstić information content (AvgIpc) is 3.07. The van der Waals surface area contributed by atoms with Gasteiger partial charge >= 0.3 is 0 Å². The van der Waals surface area contributed by atoms with Gasteiger partial charge in [-0.2, -0.15) is 0 Å². The third kappa shape index (κ3) is 4.61. The quantitative estimate of drug-likeness (QED) is 0.433.